The first-order valence-corrected chi connectivity index (χ1v) is 7.25. The molecule has 2 nitrogen and oxygen atoms in total. The first kappa shape index (κ1) is 11.7. The molecule has 2 fully saturated rings. The molecule has 1 N–H and O–H groups in total. The Bertz CT molecular complexity index is 200. The van der Waals surface area contributed by atoms with Gasteiger partial charge in [-0.2, -0.15) is 11.8 Å². The van der Waals surface area contributed by atoms with E-state index in [1.54, 1.807) is 0 Å². The lowest BCUT2D eigenvalue weighted by Gasteiger charge is -2.30. The van der Waals surface area contributed by atoms with Crippen LogP contribution in [0.5, 0.6) is 0 Å². The first-order valence-electron chi connectivity index (χ1n) is 6.20. The zero-order valence-corrected chi connectivity index (χ0v) is 10.9. The van der Waals surface area contributed by atoms with Crippen molar-refractivity contribution >= 4 is 11.8 Å². The molecule has 88 valence electrons. The fourth-order valence-corrected chi connectivity index (χ4v) is 3.95. The summed E-state index contributed by atoms with van der Waals surface area (Å²) >= 11 is 2.18. The highest BCUT2D eigenvalue weighted by Gasteiger charge is 2.26. The molecule has 0 aliphatic carbocycles. The lowest BCUT2D eigenvalue weighted by molar-refractivity contribution is 0.207. The highest BCUT2D eigenvalue weighted by Crippen LogP contribution is 2.28. The Hall–Kier alpha value is 0.270. The third-order valence-corrected chi connectivity index (χ3v) is 4.73. The maximum Gasteiger partial charge on any atom is 0.0175 e. The summed E-state index contributed by atoms with van der Waals surface area (Å²) in [6.45, 7) is 10.9. The number of nitrogens with zero attached hydrogens (tertiary/aromatic N) is 1. The summed E-state index contributed by atoms with van der Waals surface area (Å²) in [5.74, 6) is 1.39. The van der Waals surface area contributed by atoms with Crippen LogP contribution in [0.15, 0.2) is 0 Å². The molecular formula is C12H24N2S. The Morgan fingerprint density at radius 1 is 1.47 bits per heavy atom. The molecule has 0 aromatic carbocycles. The molecule has 0 aromatic heterocycles. The van der Waals surface area contributed by atoms with Crippen LogP contribution in [0.1, 0.15) is 26.7 Å². The fraction of sp³-hybridized carbons (Fsp3) is 1.00. The monoisotopic (exact) mass is 228 g/mol. The molecule has 0 saturated carbocycles. The molecule has 15 heavy (non-hydrogen) atoms. The Kier molecular flexibility index (Phi) is 3.97. The van der Waals surface area contributed by atoms with Gasteiger partial charge in [0.25, 0.3) is 0 Å². The Balaban J connectivity index is 1.84. The summed E-state index contributed by atoms with van der Waals surface area (Å²) < 4.78 is 0. The largest absolute Gasteiger partial charge is 0.315 e. The maximum atomic E-state index is 3.54. The number of hydrogen-bond acceptors (Lipinski definition) is 3. The minimum atomic E-state index is 0.444. The van der Waals surface area contributed by atoms with Gasteiger partial charge in [-0.05, 0) is 24.0 Å². The van der Waals surface area contributed by atoms with Crippen LogP contribution in [0.25, 0.3) is 0 Å². The van der Waals surface area contributed by atoms with E-state index >= 15 is 0 Å². The normalized spacial score (nSPS) is 32.8. The Morgan fingerprint density at radius 3 is 3.07 bits per heavy atom. The molecule has 2 rings (SSSR count). The van der Waals surface area contributed by atoms with E-state index in [1.165, 1.54) is 51.3 Å². The Labute approximate surface area is 98.2 Å². The molecule has 2 aliphatic heterocycles. The lowest BCUT2D eigenvalue weighted by Crippen LogP contribution is -2.38. The molecule has 3 heteroatoms. The van der Waals surface area contributed by atoms with Crippen molar-refractivity contribution < 1.29 is 0 Å². The van der Waals surface area contributed by atoms with Crippen molar-refractivity contribution in [3.05, 3.63) is 0 Å². The summed E-state index contributed by atoms with van der Waals surface area (Å²) in [7, 11) is 0. The molecule has 0 amide bonds. The van der Waals surface area contributed by atoms with Gasteiger partial charge in [0.2, 0.25) is 0 Å². The second-order valence-electron chi connectivity index (χ2n) is 5.71. The molecule has 2 aliphatic rings. The van der Waals surface area contributed by atoms with Crippen LogP contribution >= 0.6 is 11.8 Å². The zero-order valence-electron chi connectivity index (χ0n) is 10.1. The van der Waals surface area contributed by atoms with E-state index in [0.29, 0.717) is 5.41 Å². The van der Waals surface area contributed by atoms with Gasteiger partial charge < -0.3 is 10.2 Å². The van der Waals surface area contributed by atoms with E-state index in [0.717, 1.165) is 5.25 Å². The van der Waals surface area contributed by atoms with Gasteiger partial charge in [-0.15, -0.1) is 0 Å². The topological polar surface area (TPSA) is 15.3 Å². The lowest BCUT2D eigenvalue weighted by atomic mass is 9.93. The molecule has 0 radical (unpaired) electrons. The minimum absolute atomic E-state index is 0.444. The van der Waals surface area contributed by atoms with Gasteiger partial charge in [-0.25, -0.2) is 0 Å². The highest BCUT2D eigenvalue weighted by molar-refractivity contribution is 8.00. The molecule has 1 atom stereocenters. The molecule has 0 aromatic rings. The maximum absolute atomic E-state index is 3.54. The number of rotatable bonds is 2. The number of nitrogens with one attached hydrogen (secondary N) is 1. The summed E-state index contributed by atoms with van der Waals surface area (Å²) in [5, 5.41) is 4.46. The third-order valence-electron chi connectivity index (χ3n) is 3.35. The zero-order chi connectivity index (χ0) is 10.7. The van der Waals surface area contributed by atoms with Crippen molar-refractivity contribution in [2.75, 3.05) is 38.5 Å². The van der Waals surface area contributed by atoms with Crippen molar-refractivity contribution in [2.45, 2.75) is 31.9 Å². The van der Waals surface area contributed by atoms with E-state index in [2.05, 4.69) is 35.8 Å². The van der Waals surface area contributed by atoms with E-state index < -0.39 is 0 Å². The van der Waals surface area contributed by atoms with Crippen molar-refractivity contribution in [3.8, 4) is 0 Å². The summed E-state index contributed by atoms with van der Waals surface area (Å²) in [4.78, 5) is 2.67. The van der Waals surface area contributed by atoms with Gasteiger partial charge >= 0.3 is 0 Å². The van der Waals surface area contributed by atoms with Crippen LogP contribution in [0, 0.1) is 5.41 Å². The predicted octanol–water partition coefficient (Wildman–Crippen LogP) is 1.81. The van der Waals surface area contributed by atoms with Crippen LogP contribution in [0.3, 0.4) is 0 Å². The van der Waals surface area contributed by atoms with E-state index in [9.17, 15) is 0 Å². The van der Waals surface area contributed by atoms with Gasteiger partial charge in [-0.3, -0.25) is 0 Å². The predicted molar refractivity (Wildman–Crippen MR) is 68.6 cm³/mol. The average molecular weight is 228 g/mol. The van der Waals surface area contributed by atoms with Crippen LogP contribution < -0.4 is 5.32 Å². The third kappa shape index (κ3) is 3.65. The SMILES string of the molecule is CC1(C)CNCCN(CC2CCCS2)C1. The van der Waals surface area contributed by atoms with Crippen molar-refractivity contribution in [3.63, 3.8) is 0 Å². The molecular weight excluding hydrogens is 204 g/mol. The summed E-state index contributed by atoms with van der Waals surface area (Å²) in [5.41, 5.74) is 0.444. The molecule has 2 heterocycles. The van der Waals surface area contributed by atoms with Crippen LogP contribution in [0.2, 0.25) is 0 Å². The second kappa shape index (κ2) is 5.07. The van der Waals surface area contributed by atoms with E-state index in [-0.39, 0.29) is 0 Å². The van der Waals surface area contributed by atoms with Crippen molar-refractivity contribution in [1.82, 2.24) is 10.2 Å². The van der Waals surface area contributed by atoms with Crippen LogP contribution in [-0.4, -0.2) is 48.6 Å². The summed E-state index contributed by atoms with van der Waals surface area (Å²) in [6.07, 6.45) is 2.87. The van der Waals surface area contributed by atoms with Gasteiger partial charge in [-0.1, -0.05) is 13.8 Å². The minimum Gasteiger partial charge on any atom is -0.315 e. The quantitative estimate of drug-likeness (QED) is 0.776. The molecule has 0 spiro atoms. The Morgan fingerprint density at radius 2 is 2.33 bits per heavy atom. The number of thioether (sulfide) groups is 1. The van der Waals surface area contributed by atoms with Gasteiger partial charge in [0, 0.05) is 38.0 Å². The molecule has 0 bridgehead atoms. The first-order chi connectivity index (χ1) is 7.16. The van der Waals surface area contributed by atoms with Crippen LogP contribution in [0.4, 0.5) is 0 Å². The van der Waals surface area contributed by atoms with Gasteiger partial charge in [0.05, 0.1) is 0 Å². The second-order valence-corrected chi connectivity index (χ2v) is 7.12. The van der Waals surface area contributed by atoms with Gasteiger partial charge in [0.1, 0.15) is 0 Å². The van der Waals surface area contributed by atoms with E-state index in [4.69, 9.17) is 0 Å². The standard InChI is InChI=1S/C12H24N2S/c1-12(2)9-13-5-6-14(10-12)8-11-4-3-7-15-11/h11,13H,3-10H2,1-2H3. The van der Waals surface area contributed by atoms with E-state index in [1.807, 2.05) is 0 Å². The average Bonchev–Trinajstić information content (AvgIpc) is 2.58. The smallest absolute Gasteiger partial charge is 0.0175 e. The molecule has 1 unspecified atom stereocenters. The summed E-state index contributed by atoms with van der Waals surface area (Å²) in [6, 6.07) is 0. The fourth-order valence-electron chi connectivity index (χ4n) is 2.64. The van der Waals surface area contributed by atoms with Crippen molar-refractivity contribution in [1.29, 1.82) is 0 Å². The van der Waals surface area contributed by atoms with Crippen LogP contribution in [-0.2, 0) is 0 Å². The molecule has 2 saturated heterocycles. The van der Waals surface area contributed by atoms with Gasteiger partial charge in [0.15, 0.2) is 0 Å². The highest BCUT2D eigenvalue weighted by atomic mass is 32.2. The number of hydrogen-bond donors (Lipinski definition) is 1. The van der Waals surface area contributed by atoms with Crippen molar-refractivity contribution in [2.24, 2.45) is 5.41 Å².